The summed E-state index contributed by atoms with van der Waals surface area (Å²) in [6, 6.07) is 18.1. The summed E-state index contributed by atoms with van der Waals surface area (Å²) < 4.78 is 19.1. The third-order valence-electron chi connectivity index (χ3n) is 5.42. The topological polar surface area (TPSA) is 69.0 Å². The first-order chi connectivity index (χ1) is 16.4. The van der Waals surface area contributed by atoms with E-state index in [1.807, 2.05) is 82.4 Å². The summed E-state index contributed by atoms with van der Waals surface area (Å²) in [6.07, 6.45) is -0.545. The van der Waals surface area contributed by atoms with Crippen LogP contribution in [0.1, 0.15) is 25.0 Å². The molecule has 0 spiro atoms. The maximum Gasteiger partial charge on any atom is 0.222 e. The first-order valence-corrected chi connectivity index (χ1v) is 11.7. The molecule has 7 nitrogen and oxygen atoms in total. The molecule has 3 rings (SSSR count). The second kappa shape index (κ2) is 12.7. The van der Waals surface area contributed by atoms with Crippen molar-refractivity contribution in [3.8, 4) is 22.9 Å². The van der Waals surface area contributed by atoms with Crippen molar-refractivity contribution in [2.45, 2.75) is 39.5 Å². The van der Waals surface area contributed by atoms with Crippen LogP contribution in [0.2, 0.25) is 0 Å². The van der Waals surface area contributed by atoms with E-state index in [2.05, 4.69) is 4.90 Å². The molecule has 3 aromatic rings. The maximum atomic E-state index is 10.6. The van der Waals surface area contributed by atoms with Crippen molar-refractivity contribution in [2.75, 3.05) is 33.4 Å². The number of aromatic nitrogens is 2. The van der Waals surface area contributed by atoms with Crippen LogP contribution in [0.15, 0.2) is 54.6 Å². The Balaban J connectivity index is 1.94. The quantitative estimate of drug-likeness (QED) is 0.401. The average Bonchev–Trinajstić information content (AvgIpc) is 3.11. The SMILES string of the molecule is COCCN(Cc1c(-c2ccccc2)nn(C)c1Oc1cccc(C)c1)C[C@@H](O)COC(C)C. The highest BCUT2D eigenvalue weighted by Crippen LogP contribution is 2.34. The van der Waals surface area contributed by atoms with Gasteiger partial charge in [0.15, 0.2) is 0 Å². The molecule has 0 saturated heterocycles. The zero-order valence-corrected chi connectivity index (χ0v) is 20.9. The lowest BCUT2D eigenvalue weighted by Gasteiger charge is -2.25. The second-order valence-corrected chi connectivity index (χ2v) is 8.80. The fraction of sp³-hybridized carbons (Fsp3) is 0.444. The molecule has 0 fully saturated rings. The molecule has 0 amide bonds. The molecule has 2 aromatic carbocycles. The molecule has 1 atom stereocenters. The molecular weight excluding hydrogens is 430 g/mol. The molecule has 0 saturated carbocycles. The van der Waals surface area contributed by atoms with Crippen molar-refractivity contribution >= 4 is 0 Å². The summed E-state index contributed by atoms with van der Waals surface area (Å²) in [7, 11) is 3.58. The van der Waals surface area contributed by atoms with E-state index < -0.39 is 6.10 Å². The molecule has 0 aliphatic carbocycles. The number of aliphatic hydroxyl groups excluding tert-OH is 1. The minimum Gasteiger partial charge on any atom is -0.439 e. The number of aliphatic hydroxyl groups is 1. The van der Waals surface area contributed by atoms with Gasteiger partial charge in [-0.15, -0.1) is 0 Å². The van der Waals surface area contributed by atoms with E-state index in [4.69, 9.17) is 19.3 Å². The van der Waals surface area contributed by atoms with Gasteiger partial charge in [0.2, 0.25) is 5.88 Å². The van der Waals surface area contributed by atoms with Gasteiger partial charge in [0.25, 0.3) is 0 Å². The fourth-order valence-corrected chi connectivity index (χ4v) is 3.77. The van der Waals surface area contributed by atoms with Gasteiger partial charge in [0.05, 0.1) is 31.0 Å². The van der Waals surface area contributed by atoms with E-state index in [0.717, 1.165) is 28.1 Å². The summed E-state index contributed by atoms with van der Waals surface area (Å²) in [5.74, 6) is 1.44. The third kappa shape index (κ3) is 7.40. The highest BCUT2D eigenvalue weighted by atomic mass is 16.5. The van der Waals surface area contributed by atoms with E-state index >= 15 is 0 Å². The van der Waals surface area contributed by atoms with Crippen LogP contribution >= 0.6 is 0 Å². The number of rotatable bonds is 13. The standard InChI is InChI=1S/C27H37N3O4/c1-20(2)33-19-23(31)17-30(14-15-32-5)18-25-26(22-11-7-6-8-12-22)28-29(4)27(25)34-24-13-9-10-21(3)16-24/h6-13,16,20,23,31H,14-15,17-19H2,1-5H3/t23-/m1/s1. The number of ether oxygens (including phenoxy) is 3. The average molecular weight is 468 g/mol. The van der Waals surface area contributed by atoms with Crippen molar-refractivity contribution in [1.29, 1.82) is 0 Å². The lowest BCUT2D eigenvalue weighted by atomic mass is 10.1. The van der Waals surface area contributed by atoms with E-state index in [1.165, 1.54) is 0 Å². The minimum atomic E-state index is -0.614. The van der Waals surface area contributed by atoms with Crippen LogP contribution < -0.4 is 4.74 Å². The number of methoxy groups -OCH3 is 1. The van der Waals surface area contributed by atoms with Crippen molar-refractivity contribution in [2.24, 2.45) is 7.05 Å². The molecular formula is C27H37N3O4. The van der Waals surface area contributed by atoms with Gasteiger partial charge in [0.1, 0.15) is 11.4 Å². The van der Waals surface area contributed by atoms with Gasteiger partial charge in [-0.2, -0.15) is 5.10 Å². The molecule has 34 heavy (non-hydrogen) atoms. The Hall–Kier alpha value is -2.71. The van der Waals surface area contributed by atoms with Crippen LogP contribution in [-0.2, 0) is 23.1 Å². The molecule has 7 heteroatoms. The lowest BCUT2D eigenvalue weighted by Crippen LogP contribution is -2.37. The van der Waals surface area contributed by atoms with Gasteiger partial charge >= 0.3 is 0 Å². The first-order valence-electron chi connectivity index (χ1n) is 11.7. The molecule has 0 unspecified atom stereocenters. The van der Waals surface area contributed by atoms with Gasteiger partial charge < -0.3 is 19.3 Å². The predicted molar refractivity (Wildman–Crippen MR) is 134 cm³/mol. The van der Waals surface area contributed by atoms with Gasteiger partial charge in [0, 0.05) is 39.4 Å². The van der Waals surface area contributed by atoms with Gasteiger partial charge in [-0.3, -0.25) is 4.90 Å². The van der Waals surface area contributed by atoms with Crippen molar-refractivity contribution in [1.82, 2.24) is 14.7 Å². The van der Waals surface area contributed by atoms with Crippen molar-refractivity contribution in [3.05, 3.63) is 65.7 Å². The fourth-order valence-electron chi connectivity index (χ4n) is 3.77. The van der Waals surface area contributed by atoms with Gasteiger partial charge in [-0.25, -0.2) is 4.68 Å². The summed E-state index contributed by atoms with van der Waals surface area (Å²) in [5.41, 5.74) is 3.96. The largest absolute Gasteiger partial charge is 0.439 e. The zero-order valence-electron chi connectivity index (χ0n) is 20.9. The third-order valence-corrected chi connectivity index (χ3v) is 5.42. The Bertz CT molecular complexity index is 1020. The van der Waals surface area contributed by atoms with E-state index in [0.29, 0.717) is 32.1 Å². The van der Waals surface area contributed by atoms with Gasteiger partial charge in [-0.1, -0.05) is 42.5 Å². The monoisotopic (exact) mass is 467 g/mol. The van der Waals surface area contributed by atoms with E-state index in [9.17, 15) is 5.11 Å². The Morgan fingerprint density at radius 1 is 1.09 bits per heavy atom. The molecule has 0 bridgehead atoms. The highest BCUT2D eigenvalue weighted by molar-refractivity contribution is 5.65. The Morgan fingerprint density at radius 3 is 2.53 bits per heavy atom. The Labute approximate surface area is 202 Å². The number of aryl methyl sites for hydroxylation is 2. The van der Waals surface area contributed by atoms with Crippen LogP contribution in [0.3, 0.4) is 0 Å². The van der Waals surface area contributed by atoms with Crippen molar-refractivity contribution in [3.63, 3.8) is 0 Å². The molecule has 1 aromatic heterocycles. The smallest absolute Gasteiger partial charge is 0.222 e. The predicted octanol–water partition coefficient (Wildman–Crippen LogP) is 4.42. The van der Waals surface area contributed by atoms with Crippen LogP contribution in [0.5, 0.6) is 11.6 Å². The van der Waals surface area contributed by atoms with Crippen molar-refractivity contribution < 1.29 is 19.3 Å². The molecule has 0 radical (unpaired) electrons. The van der Waals surface area contributed by atoms with Crippen LogP contribution in [0.25, 0.3) is 11.3 Å². The molecule has 184 valence electrons. The minimum absolute atomic E-state index is 0.0689. The zero-order chi connectivity index (χ0) is 24.5. The van der Waals surface area contributed by atoms with E-state index in [-0.39, 0.29) is 12.7 Å². The van der Waals surface area contributed by atoms with Crippen LogP contribution in [-0.4, -0.2) is 65.4 Å². The normalized spacial score (nSPS) is 12.5. The summed E-state index contributed by atoms with van der Waals surface area (Å²) in [5, 5.41) is 15.4. The maximum absolute atomic E-state index is 10.6. The number of hydrogen-bond donors (Lipinski definition) is 1. The molecule has 1 N–H and O–H groups in total. The lowest BCUT2D eigenvalue weighted by molar-refractivity contribution is -0.0121. The second-order valence-electron chi connectivity index (χ2n) is 8.80. The Morgan fingerprint density at radius 2 is 1.85 bits per heavy atom. The summed E-state index contributed by atoms with van der Waals surface area (Å²) >= 11 is 0. The first kappa shape index (κ1) is 25.9. The molecule has 0 aliphatic rings. The Kier molecular flexibility index (Phi) is 9.65. The summed E-state index contributed by atoms with van der Waals surface area (Å²) in [6.45, 7) is 8.45. The number of benzene rings is 2. The molecule has 0 aliphatic heterocycles. The van der Waals surface area contributed by atoms with Crippen LogP contribution in [0.4, 0.5) is 0 Å². The highest BCUT2D eigenvalue weighted by Gasteiger charge is 2.23. The van der Waals surface area contributed by atoms with Gasteiger partial charge in [-0.05, 0) is 38.5 Å². The molecule has 1 heterocycles. The van der Waals surface area contributed by atoms with Crippen LogP contribution in [0, 0.1) is 6.92 Å². The number of nitrogens with zero attached hydrogens (tertiary/aromatic N) is 3. The summed E-state index contributed by atoms with van der Waals surface area (Å²) in [4.78, 5) is 2.16. The van der Waals surface area contributed by atoms with E-state index in [1.54, 1.807) is 11.8 Å². The number of hydrogen-bond acceptors (Lipinski definition) is 6.